The van der Waals surface area contributed by atoms with E-state index in [4.69, 9.17) is 4.74 Å². The van der Waals surface area contributed by atoms with Crippen molar-refractivity contribution in [2.45, 2.75) is 36.9 Å². The van der Waals surface area contributed by atoms with Crippen LogP contribution >= 0.6 is 0 Å². The van der Waals surface area contributed by atoms with Gasteiger partial charge in [-0.3, -0.25) is 4.79 Å². The lowest BCUT2D eigenvalue weighted by Gasteiger charge is -2.31. The molecule has 3 aromatic rings. The van der Waals surface area contributed by atoms with Crippen LogP contribution in [0.25, 0.3) is 11.1 Å². The summed E-state index contributed by atoms with van der Waals surface area (Å²) in [5.41, 5.74) is 0.677. The van der Waals surface area contributed by atoms with E-state index in [0.29, 0.717) is 29.7 Å². The van der Waals surface area contributed by atoms with Crippen molar-refractivity contribution in [1.82, 2.24) is 8.87 Å². The number of sulfonamides is 1. The summed E-state index contributed by atoms with van der Waals surface area (Å²) >= 11 is 0. The summed E-state index contributed by atoms with van der Waals surface area (Å²) in [4.78, 5) is 12.0. The molecule has 2 heterocycles. The van der Waals surface area contributed by atoms with Crippen molar-refractivity contribution in [2.75, 3.05) is 13.1 Å². The molecule has 0 saturated carbocycles. The molecule has 10 heteroatoms. The van der Waals surface area contributed by atoms with Crippen LogP contribution in [0.2, 0.25) is 0 Å². The Morgan fingerprint density at radius 2 is 1.60 bits per heavy atom. The molecule has 0 aliphatic carbocycles. The molecule has 1 aliphatic heterocycles. The number of hydrogen-bond acceptors (Lipinski definition) is 4. The minimum Gasteiger partial charge on any atom is -0.490 e. The molecule has 1 aromatic heterocycles. The van der Waals surface area contributed by atoms with Crippen molar-refractivity contribution >= 4 is 10.0 Å². The Labute approximate surface area is 201 Å². The molecule has 35 heavy (non-hydrogen) atoms. The van der Waals surface area contributed by atoms with Crippen molar-refractivity contribution in [1.29, 1.82) is 0 Å². The maximum absolute atomic E-state index is 13.1. The number of aryl methyl sites for hydroxylation is 1. The number of hydrogen-bond donors (Lipinski definition) is 0. The number of halogens is 3. The van der Waals surface area contributed by atoms with E-state index in [9.17, 15) is 26.4 Å². The number of pyridine rings is 1. The van der Waals surface area contributed by atoms with Crippen LogP contribution in [0.1, 0.15) is 24.1 Å². The monoisotopic (exact) mass is 506 g/mol. The molecule has 6 nitrogen and oxygen atoms in total. The van der Waals surface area contributed by atoms with E-state index in [1.165, 1.54) is 45.3 Å². The van der Waals surface area contributed by atoms with Gasteiger partial charge in [0.2, 0.25) is 10.0 Å². The Kier molecular flexibility index (Phi) is 6.79. The van der Waals surface area contributed by atoms with Gasteiger partial charge in [0.05, 0.1) is 10.5 Å². The molecular formula is C25H25F3N2O4S. The number of ether oxygens (including phenoxy) is 1. The molecule has 0 radical (unpaired) electrons. The predicted molar refractivity (Wildman–Crippen MR) is 126 cm³/mol. The van der Waals surface area contributed by atoms with Gasteiger partial charge in [-0.1, -0.05) is 24.3 Å². The Morgan fingerprint density at radius 1 is 0.943 bits per heavy atom. The number of aromatic nitrogens is 1. The van der Waals surface area contributed by atoms with E-state index < -0.39 is 21.8 Å². The van der Waals surface area contributed by atoms with Gasteiger partial charge in [0.15, 0.2) is 0 Å². The van der Waals surface area contributed by atoms with E-state index in [1.807, 2.05) is 6.92 Å². The molecule has 186 valence electrons. The van der Waals surface area contributed by atoms with Crippen LogP contribution in [-0.2, 0) is 23.2 Å². The molecule has 2 aromatic carbocycles. The van der Waals surface area contributed by atoms with Gasteiger partial charge in [-0.15, -0.1) is 0 Å². The predicted octanol–water partition coefficient (Wildman–Crippen LogP) is 4.61. The van der Waals surface area contributed by atoms with Crippen molar-refractivity contribution in [3.63, 3.8) is 0 Å². The number of nitrogens with zero attached hydrogens (tertiary/aromatic N) is 2. The van der Waals surface area contributed by atoms with E-state index >= 15 is 0 Å². The Morgan fingerprint density at radius 3 is 2.20 bits per heavy atom. The first-order valence-electron chi connectivity index (χ1n) is 11.1. The van der Waals surface area contributed by atoms with E-state index in [1.54, 1.807) is 19.2 Å². The van der Waals surface area contributed by atoms with E-state index in [2.05, 4.69) is 0 Å². The van der Waals surface area contributed by atoms with Gasteiger partial charge in [0.1, 0.15) is 11.9 Å². The molecule has 0 atom stereocenters. The second kappa shape index (κ2) is 9.50. The second-order valence-corrected chi connectivity index (χ2v) is 10.5. The topological polar surface area (TPSA) is 68.6 Å². The number of alkyl halides is 3. The highest BCUT2D eigenvalue weighted by Crippen LogP contribution is 2.33. The van der Waals surface area contributed by atoms with Crippen LogP contribution in [0.5, 0.6) is 5.75 Å². The largest absolute Gasteiger partial charge is 0.490 e. The van der Waals surface area contributed by atoms with Crippen LogP contribution in [0.15, 0.2) is 70.4 Å². The maximum atomic E-state index is 13.1. The van der Waals surface area contributed by atoms with Crippen LogP contribution < -0.4 is 10.3 Å². The highest BCUT2D eigenvalue weighted by atomic mass is 32.2. The number of benzene rings is 2. The molecule has 0 spiro atoms. The zero-order chi connectivity index (χ0) is 25.4. The molecule has 0 amide bonds. The maximum Gasteiger partial charge on any atom is 0.416 e. The molecule has 1 aliphatic rings. The zero-order valence-electron chi connectivity index (χ0n) is 19.2. The lowest BCUT2D eigenvalue weighted by atomic mass is 10.0. The van der Waals surface area contributed by atoms with Gasteiger partial charge < -0.3 is 9.30 Å². The van der Waals surface area contributed by atoms with Gasteiger partial charge in [0, 0.05) is 31.9 Å². The van der Waals surface area contributed by atoms with Crippen molar-refractivity contribution in [3.8, 4) is 16.9 Å². The first-order chi connectivity index (χ1) is 16.4. The van der Waals surface area contributed by atoms with Crippen molar-refractivity contribution < 1.29 is 26.3 Å². The lowest BCUT2D eigenvalue weighted by Crippen LogP contribution is -2.41. The average Bonchev–Trinajstić information content (AvgIpc) is 2.82. The van der Waals surface area contributed by atoms with Crippen LogP contribution in [0, 0.1) is 6.92 Å². The SMILES string of the molecule is Cc1cc(OC2CCN(S(=O)(=O)c3ccc(-c4cccc(C(F)(F)F)c4)cc3)CC2)cc(=O)n1C. The molecule has 0 bridgehead atoms. The average molecular weight is 507 g/mol. The summed E-state index contributed by atoms with van der Waals surface area (Å²) in [6, 6.07) is 13.9. The molecular weight excluding hydrogens is 481 g/mol. The number of piperidine rings is 1. The Balaban J connectivity index is 1.43. The standard InChI is InChI=1S/C25H25F3N2O4S/c1-17-14-22(16-24(31)29(17)2)34-21-10-12-30(13-11-21)35(32,33)23-8-6-18(7-9-23)19-4-3-5-20(15-19)25(26,27)28/h3-9,14-16,21H,10-13H2,1-2H3. The summed E-state index contributed by atoms with van der Waals surface area (Å²) in [6.07, 6.45) is -3.73. The van der Waals surface area contributed by atoms with Gasteiger partial charge in [-0.2, -0.15) is 17.5 Å². The van der Waals surface area contributed by atoms with Gasteiger partial charge in [-0.05, 0) is 61.2 Å². The van der Waals surface area contributed by atoms with Crippen molar-refractivity contribution in [3.05, 3.63) is 82.3 Å². The van der Waals surface area contributed by atoms with E-state index in [-0.39, 0.29) is 29.6 Å². The van der Waals surface area contributed by atoms with Gasteiger partial charge in [0.25, 0.3) is 5.56 Å². The zero-order valence-corrected chi connectivity index (χ0v) is 20.1. The second-order valence-electron chi connectivity index (χ2n) is 8.55. The van der Waals surface area contributed by atoms with Crippen LogP contribution in [-0.4, -0.2) is 36.5 Å². The summed E-state index contributed by atoms with van der Waals surface area (Å²) in [5.74, 6) is 0.470. The minimum atomic E-state index is -4.45. The third kappa shape index (κ3) is 5.43. The Hall–Kier alpha value is -3.11. The van der Waals surface area contributed by atoms with Crippen LogP contribution in [0.4, 0.5) is 13.2 Å². The normalized spacial score (nSPS) is 15.8. The summed E-state index contributed by atoms with van der Waals surface area (Å²) in [5, 5.41) is 0. The molecule has 0 unspecified atom stereocenters. The highest BCUT2D eigenvalue weighted by Gasteiger charge is 2.31. The quantitative estimate of drug-likeness (QED) is 0.507. The first-order valence-corrected chi connectivity index (χ1v) is 12.5. The molecule has 1 saturated heterocycles. The van der Waals surface area contributed by atoms with Gasteiger partial charge >= 0.3 is 6.18 Å². The summed E-state index contributed by atoms with van der Waals surface area (Å²) in [7, 11) is -2.09. The molecule has 0 N–H and O–H groups in total. The van der Waals surface area contributed by atoms with Gasteiger partial charge in [-0.25, -0.2) is 8.42 Å². The summed E-state index contributed by atoms with van der Waals surface area (Å²) in [6.45, 7) is 2.32. The van der Waals surface area contributed by atoms with Crippen molar-refractivity contribution in [2.24, 2.45) is 7.05 Å². The first kappa shape index (κ1) is 25.0. The smallest absolute Gasteiger partial charge is 0.416 e. The fraction of sp³-hybridized carbons (Fsp3) is 0.320. The van der Waals surface area contributed by atoms with Crippen LogP contribution in [0.3, 0.4) is 0 Å². The number of rotatable bonds is 5. The molecule has 4 rings (SSSR count). The summed E-state index contributed by atoms with van der Waals surface area (Å²) < 4.78 is 74.0. The Bertz CT molecular complexity index is 1380. The highest BCUT2D eigenvalue weighted by molar-refractivity contribution is 7.89. The fourth-order valence-corrected chi connectivity index (χ4v) is 5.50. The third-order valence-corrected chi connectivity index (χ3v) is 8.11. The minimum absolute atomic E-state index is 0.0785. The molecule has 1 fully saturated rings. The lowest BCUT2D eigenvalue weighted by molar-refractivity contribution is -0.137. The fourth-order valence-electron chi connectivity index (χ4n) is 4.03. The third-order valence-electron chi connectivity index (χ3n) is 6.20. The van der Waals surface area contributed by atoms with E-state index in [0.717, 1.165) is 17.8 Å².